The van der Waals surface area contributed by atoms with E-state index in [9.17, 15) is 9.59 Å². The predicted octanol–water partition coefficient (Wildman–Crippen LogP) is 2.32. The molecule has 1 fully saturated rings. The number of ether oxygens (including phenoxy) is 1. The number of ketones is 1. The van der Waals surface area contributed by atoms with Crippen LogP contribution < -0.4 is 15.8 Å². The average molecular weight is 341 g/mol. The molecule has 1 atom stereocenters. The molecule has 1 aromatic rings. The molecular formula is C17H25ClN2O3. The summed E-state index contributed by atoms with van der Waals surface area (Å²) in [7, 11) is 0. The van der Waals surface area contributed by atoms with Gasteiger partial charge in [0.25, 0.3) is 0 Å². The van der Waals surface area contributed by atoms with Crippen LogP contribution in [0.2, 0.25) is 0 Å². The predicted molar refractivity (Wildman–Crippen MR) is 92.1 cm³/mol. The van der Waals surface area contributed by atoms with Crippen molar-refractivity contribution in [3.63, 3.8) is 0 Å². The van der Waals surface area contributed by atoms with E-state index in [1.165, 1.54) is 6.92 Å². The molecule has 1 amide bonds. The fourth-order valence-corrected chi connectivity index (χ4v) is 2.37. The van der Waals surface area contributed by atoms with E-state index in [0.29, 0.717) is 43.2 Å². The number of nitrogens with one attached hydrogen (secondary N) is 1. The van der Waals surface area contributed by atoms with Crippen LogP contribution in [-0.4, -0.2) is 30.9 Å². The monoisotopic (exact) mass is 340 g/mol. The molecule has 1 aliphatic rings. The van der Waals surface area contributed by atoms with Crippen molar-refractivity contribution >= 4 is 24.1 Å². The van der Waals surface area contributed by atoms with Crippen molar-refractivity contribution in [2.24, 2.45) is 11.7 Å². The van der Waals surface area contributed by atoms with E-state index < -0.39 is 0 Å². The van der Waals surface area contributed by atoms with Crippen LogP contribution in [-0.2, 0) is 4.79 Å². The highest BCUT2D eigenvalue weighted by Crippen LogP contribution is 2.32. The van der Waals surface area contributed by atoms with Gasteiger partial charge in [0.05, 0.1) is 6.61 Å². The molecule has 0 aliphatic heterocycles. The fraction of sp³-hybridized carbons (Fsp3) is 0.529. The Morgan fingerprint density at radius 3 is 2.74 bits per heavy atom. The van der Waals surface area contributed by atoms with Crippen LogP contribution in [0, 0.1) is 5.92 Å². The molecule has 1 aliphatic carbocycles. The van der Waals surface area contributed by atoms with Crippen LogP contribution >= 0.6 is 12.4 Å². The number of amides is 1. The van der Waals surface area contributed by atoms with Crippen molar-refractivity contribution in [3.05, 3.63) is 29.8 Å². The molecule has 1 saturated carbocycles. The van der Waals surface area contributed by atoms with Crippen molar-refractivity contribution in [2.75, 3.05) is 13.2 Å². The Bertz CT molecular complexity index is 532. The summed E-state index contributed by atoms with van der Waals surface area (Å²) in [6.07, 6.45) is 3.39. The number of hydrogen-bond donors (Lipinski definition) is 2. The van der Waals surface area contributed by atoms with Crippen LogP contribution in [0.4, 0.5) is 0 Å². The lowest BCUT2D eigenvalue weighted by molar-refractivity contribution is -0.122. The van der Waals surface area contributed by atoms with Gasteiger partial charge in [-0.25, -0.2) is 0 Å². The molecule has 6 heteroatoms. The summed E-state index contributed by atoms with van der Waals surface area (Å²) in [5.41, 5.74) is 6.29. The minimum absolute atomic E-state index is 0. The highest BCUT2D eigenvalue weighted by Gasteiger charge is 2.30. The molecule has 23 heavy (non-hydrogen) atoms. The summed E-state index contributed by atoms with van der Waals surface area (Å²) < 4.78 is 5.58. The van der Waals surface area contributed by atoms with Crippen LogP contribution in [0.25, 0.3) is 0 Å². The quantitative estimate of drug-likeness (QED) is 0.534. The molecule has 1 unspecified atom stereocenters. The van der Waals surface area contributed by atoms with Crippen molar-refractivity contribution in [1.82, 2.24) is 5.32 Å². The largest absolute Gasteiger partial charge is 0.494 e. The first-order valence-electron chi connectivity index (χ1n) is 7.83. The van der Waals surface area contributed by atoms with E-state index in [4.69, 9.17) is 10.5 Å². The minimum Gasteiger partial charge on any atom is -0.494 e. The van der Waals surface area contributed by atoms with E-state index in [2.05, 4.69) is 5.32 Å². The van der Waals surface area contributed by atoms with Gasteiger partial charge in [0.15, 0.2) is 5.78 Å². The maximum atomic E-state index is 11.8. The molecule has 0 spiro atoms. The highest BCUT2D eigenvalue weighted by atomic mass is 35.5. The first kappa shape index (κ1) is 19.5. The van der Waals surface area contributed by atoms with Gasteiger partial charge in [0.2, 0.25) is 5.91 Å². The van der Waals surface area contributed by atoms with Crippen LogP contribution in [0.5, 0.6) is 5.75 Å². The Labute approximate surface area is 143 Å². The third-order valence-corrected chi connectivity index (χ3v) is 3.85. The lowest BCUT2D eigenvalue weighted by atomic mass is 10.1. The topological polar surface area (TPSA) is 81.4 Å². The zero-order valence-electron chi connectivity index (χ0n) is 13.4. The highest BCUT2D eigenvalue weighted by molar-refractivity contribution is 5.94. The molecule has 0 heterocycles. The average Bonchev–Trinajstić information content (AvgIpc) is 3.34. The summed E-state index contributed by atoms with van der Waals surface area (Å²) in [5.74, 6) is 1.27. The summed E-state index contributed by atoms with van der Waals surface area (Å²) >= 11 is 0. The molecular weight excluding hydrogens is 316 g/mol. The lowest BCUT2D eigenvalue weighted by Gasteiger charge is -2.16. The Hall–Kier alpha value is -1.59. The first-order chi connectivity index (χ1) is 10.6. The number of carbonyl (C=O) groups excluding carboxylic acids is 2. The zero-order chi connectivity index (χ0) is 15.9. The van der Waals surface area contributed by atoms with Crippen LogP contribution in [0.15, 0.2) is 24.3 Å². The minimum atomic E-state index is 0. The second kappa shape index (κ2) is 9.53. The number of halogens is 1. The Morgan fingerprint density at radius 2 is 2.13 bits per heavy atom. The third-order valence-electron chi connectivity index (χ3n) is 3.85. The second-order valence-corrected chi connectivity index (χ2v) is 5.78. The lowest BCUT2D eigenvalue weighted by Crippen LogP contribution is -2.41. The van der Waals surface area contributed by atoms with Gasteiger partial charge in [-0.3, -0.25) is 9.59 Å². The molecule has 0 radical (unpaired) electrons. The van der Waals surface area contributed by atoms with Crippen LogP contribution in [0.1, 0.15) is 43.0 Å². The SMILES string of the molecule is CC(=O)c1cccc(OCCCC(=O)NC(CN)C2CC2)c1.Cl. The Morgan fingerprint density at radius 1 is 1.39 bits per heavy atom. The van der Waals surface area contributed by atoms with Gasteiger partial charge in [-0.1, -0.05) is 12.1 Å². The molecule has 1 aromatic carbocycles. The Balaban J connectivity index is 0.00000264. The van der Waals surface area contributed by atoms with Gasteiger partial charge in [0.1, 0.15) is 5.75 Å². The number of Topliss-reactive ketones (excluding diaryl/α,β-unsaturated/α-hetero) is 1. The summed E-state index contributed by atoms with van der Waals surface area (Å²) in [4.78, 5) is 23.1. The van der Waals surface area contributed by atoms with E-state index in [-0.39, 0.29) is 30.1 Å². The molecule has 2 rings (SSSR count). The van der Waals surface area contributed by atoms with E-state index >= 15 is 0 Å². The maximum absolute atomic E-state index is 11.8. The maximum Gasteiger partial charge on any atom is 0.220 e. The molecule has 5 nitrogen and oxygen atoms in total. The van der Waals surface area contributed by atoms with Gasteiger partial charge in [0, 0.05) is 24.6 Å². The zero-order valence-corrected chi connectivity index (χ0v) is 14.2. The van der Waals surface area contributed by atoms with Gasteiger partial charge in [-0.05, 0) is 44.2 Å². The van der Waals surface area contributed by atoms with Gasteiger partial charge >= 0.3 is 0 Å². The molecule has 0 bridgehead atoms. The molecule has 0 saturated heterocycles. The smallest absolute Gasteiger partial charge is 0.220 e. The number of nitrogens with two attached hydrogens (primary N) is 1. The number of carbonyl (C=O) groups is 2. The van der Waals surface area contributed by atoms with Crippen molar-refractivity contribution < 1.29 is 14.3 Å². The Kier molecular flexibility index (Phi) is 8.06. The summed E-state index contributed by atoms with van der Waals surface area (Å²) in [6.45, 7) is 2.48. The molecule has 3 N–H and O–H groups in total. The number of benzene rings is 1. The number of rotatable bonds is 9. The molecule has 0 aromatic heterocycles. The normalized spacial score (nSPS) is 14.5. The first-order valence-corrected chi connectivity index (χ1v) is 7.83. The number of hydrogen-bond acceptors (Lipinski definition) is 4. The van der Waals surface area contributed by atoms with Gasteiger partial charge < -0.3 is 15.8 Å². The van der Waals surface area contributed by atoms with E-state index in [1.54, 1.807) is 18.2 Å². The third kappa shape index (κ3) is 6.59. The van der Waals surface area contributed by atoms with Crippen molar-refractivity contribution in [1.29, 1.82) is 0 Å². The summed E-state index contributed by atoms with van der Waals surface area (Å²) in [5, 5.41) is 2.99. The van der Waals surface area contributed by atoms with Crippen molar-refractivity contribution in [2.45, 2.75) is 38.6 Å². The van der Waals surface area contributed by atoms with Gasteiger partial charge in [-0.15, -0.1) is 12.4 Å². The molecule has 128 valence electrons. The van der Waals surface area contributed by atoms with Crippen molar-refractivity contribution in [3.8, 4) is 5.75 Å². The van der Waals surface area contributed by atoms with E-state index in [1.807, 2.05) is 6.07 Å². The van der Waals surface area contributed by atoms with Gasteiger partial charge in [-0.2, -0.15) is 0 Å². The second-order valence-electron chi connectivity index (χ2n) is 5.78. The van der Waals surface area contributed by atoms with E-state index in [0.717, 1.165) is 12.8 Å². The standard InChI is InChI=1S/C17H24N2O3.ClH/c1-12(20)14-4-2-5-15(10-14)22-9-3-6-17(21)19-16(11-18)13-7-8-13;/h2,4-5,10,13,16H,3,6-9,11,18H2,1H3,(H,19,21);1H. The fourth-order valence-electron chi connectivity index (χ4n) is 2.37. The van der Waals surface area contributed by atoms with Crippen LogP contribution in [0.3, 0.4) is 0 Å². The summed E-state index contributed by atoms with van der Waals surface area (Å²) in [6, 6.07) is 7.21.